The molecule has 3 rings (SSSR count). The van der Waals surface area contributed by atoms with Gasteiger partial charge in [0.2, 0.25) is 5.91 Å². The van der Waals surface area contributed by atoms with Gasteiger partial charge in [-0.25, -0.2) is 9.78 Å². The predicted octanol–water partition coefficient (Wildman–Crippen LogP) is 4.51. The summed E-state index contributed by atoms with van der Waals surface area (Å²) in [5, 5.41) is 11.7. The minimum Gasteiger partial charge on any atom is -0.508 e. The van der Waals surface area contributed by atoms with Gasteiger partial charge in [0.25, 0.3) is 0 Å². The molecule has 1 heterocycles. The molecule has 0 aliphatic carbocycles. The van der Waals surface area contributed by atoms with Crippen LogP contribution in [0.25, 0.3) is 0 Å². The molecule has 7 heteroatoms. The smallest absolute Gasteiger partial charge is 0.338 e. The van der Waals surface area contributed by atoms with Crippen molar-refractivity contribution in [1.82, 2.24) is 4.98 Å². The lowest BCUT2D eigenvalue weighted by molar-refractivity contribution is -0.115. The van der Waals surface area contributed by atoms with Gasteiger partial charge in [-0.3, -0.25) is 9.69 Å². The second kappa shape index (κ2) is 8.22. The average Bonchev–Trinajstić information content (AvgIpc) is 3.11. The van der Waals surface area contributed by atoms with Crippen molar-refractivity contribution >= 4 is 34.0 Å². The lowest BCUT2D eigenvalue weighted by Gasteiger charge is -2.19. The van der Waals surface area contributed by atoms with Gasteiger partial charge in [0, 0.05) is 12.3 Å². The zero-order chi connectivity index (χ0) is 20.3. The van der Waals surface area contributed by atoms with Crippen LogP contribution in [0.4, 0.5) is 10.8 Å². The number of aryl methyl sites for hydroxylation is 2. The number of phenols is 1. The molecule has 1 aromatic heterocycles. The first kappa shape index (κ1) is 19.6. The minimum atomic E-state index is -0.553. The third-order valence-corrected chi connectivity index (χ3v) is 5.10. The van der Waals surface area contributed by atoms with Crippen LogP contribution in [0, 0.1) is 13.8 Å². The molecule has 2 aromatic carbocycles. The third-order valence-electron chi connectivity index (χ3n) is 4.23. The number of phenolic OH excluding ortho intramolecular Hbond substituents is 1. The SMILES string of the molecule is CC(=O)N(c1ccc(C)c(C)c1)c1nc(COC(=O)c2cccc(O)c2)cs1. The van der Waals surface area contributed by atoms with Gasteiger partial charge in [-0.15, -0.1) is 11.3 Å². The Morgan fingerprint density at radius 1 is 1.14 bits per heavy atom. The summed E-state index contributed by atoms with van der Waals surface area (Å²) in [5.74, 6) is -0.708. The van der Waals surface area contributed by atoms with Crippen LogP contribution >= 0.6 is 11.3 Å². The van der Waals surface area contributed by atoms with Gasteiger partial charge in [0.05, 0.1) is 16.9 Å². The van der Waals surface area contributed by atoms with Gasteiger partial charge in [0.15, 0.2) is 5.13 Å². The van der Waals surface area contributed by atoms with E-state index in [4.69, 9.17) is 4.74 Å². The van der Waals surface area contributed by atoms with Crippen molar-refractivity contribution in [1.29, 1.82) is 0 Å². The molecule has 1 N–H and O–H groups in total. The lowest BCUT2D eigenvalue weighted by Crippen LogP contribution is -2.22. The Kier molecular flexibility index (Phi) is 5.75. The molecule has 28 heavy (non-hydrogen) atoms. The molecule has 0 unspecified atom stereocenters. The minimum absolute atomic E-state index is 0.00381. The molecule has 0 aliphatic rings. The molecule has 0 fully saturated rings. The number of ether oxygens (including phenoxy) is 1. The van der Waals surface area contributed by atoms with Crippen molar-refractivity contribution in [2.45, 2.75) is 27.4 Å². The second-order valence-electron chi connectivity index (χ2n) is 6.37. The van der Waals surface area contributed by atoms with Crippen molar-refractivity contribution in [3.63, 3.8) is 0 Å². The highest BCUT2D eigenvalue weighted by Crippen LogP contribution is 2.30. The van der Waals surface area contributed by atoms with E-state index in [0.717, 1.165) is 16.8 Å². The molecule has 0 spiro atoms. The maximum absolute atomic E-state index is 12.2. The van der Waals surface area contributed by atoms with Crippen LogP contribution in [-0.4, -0.2) is 22.0 Å². The van der Waals surface area contributed by atoms with E-state index in [0.29, 0.717) is 10.8 Å². The van der Waals surface area contributed by atoms with E-state index in [9.17, 15) is 14.7 Å². The lowest BCUT2D eigenvalue weighted by atomic mass is 10.1. The number of nitrogens with zero attached hydrogens (tertiary/aromatic N) is 2. The molecule has 0 saturated heterocycles. The monoisotopic (exact) mass is 396 g/mol. The molecule has 3 aromatic rings. The number of hydrogen-bond donors (Lipinski definition) is 1. The van der Waals surface area contributed by atoms with E-state index in [1.54, 1.807) is 17.5 Å². The van der Waals surface area contributed by atoms with E-state index in [1.165, 1.54) is 35.3 Å². The fourth-order valence-electron chi connectivity index (χ4n) is 2.61. The summed E-state index contributed by atoms with van der Waals surface area (Å²) >= 11 is 1.30. The van der Waals surface area contributed by atoms with Crippen LogP contribution in [-0.2, 0) is 16.1 Å². The van der Waals surface area contributed by atoms with Crippen molar-refractivity contribution in [3.05, 3.63) is 70.2 Å². The molecule has 144 valence electrons. The fraction of sp³-hybridized carbons (Fsp3) is 0.190. The van der Waals surface area contributed by atoms with Gasteiger partial charge in [-0.2, -0.15) is 0 Å². The van der Waals surface area contributed by atoms with Crippen LogP contribution < -0.4 is 4.90 Å². The highest BCUT2D eigenvalue weighted by atomic mass is 32.1. The Hall–Kier alpha value is -3.19. The molecule has 0 radical (unpaired) electrons. The number of carbonyl (C=O) groups excluding carboxylic acids is 2. The maximum Gasteiger partial charge on any atom is 0.338 e. The Morgan fingerprint density at radius 3 is 2.61 bits per heavy atom. The predicted molar refractivity (Wildman–Crippen MR) is 108 cm³/mol. The van der Waals surface area contributed by atoms with Crippen LogP contribution in [0.1, 0.15) is 34.1 Å². The van der Waals surface area contributed by atoms with E-state index in [1.807, 2.05) is 32.0 Å². The third kappa shape index (κ3) is 4.37. The maximum atomic E-state index is 12.2. The van der Waals surface area contributed by atoms with Crippen molar-refractivity contribution in [2.75, 3.05) is 4.90 Å². The largest absolute Gasteiger partial charge is 0.508 e. The van der Waals surface area contributed by atoms with Crippen LogP contribution in [0.15, 0.2) is 47.8 Å². The number of esters is 1. The highest BCUT2D eigenvalue weighted by Gasteiger charge is 2.19. The number of hydrogen-bond acceptors (Lipinski definition) is 6. The normalized spacial score (nSPS) is 10.5. The number of aromatic hydroxyl groups is 1. The van der Waals surface area contributed by atoms with Crippen LogP contribution in [0.3, 0.4) is 0 Å². The molecule has 0 aliphatic heterocycles. The number of aromatic nitrogens is 1. The summed E-state index contributed by atoms with van der Waals surface area (Å²) in [4.78, 5) is 30.3. The molecule has 0 bridgehead atoms. The number of carbonyl (C=O) groups is 2. The first-order valence-corrected chi connectivity index (χ1v) is 9.51. The van der Waals surface area contributed by atoms with Crippen LogP contribution in [0.2, 0.25) is 0 Å². The zero-order valence-corrected chi connectivity index (χ0v) is 16.6. The van der Waals surface area contributed by atoms with E-state index < -0.39 is 5.97 Å². The summed E-state index contributed by atoms with van der Waals surface area (Å²) in [6, 6.07) is 11.7. The van der Waals surface area contributed by atoms with E-state index in [-0.39, 0.29) is 23.8 Å². The van der Waals surface area contributed by atoms with E-state index >= 15 is 0 Å². The Balaban J connectivity index is 1.75. The number of anilines is 2. The number of rotatable bonds is 5. The summed E-state index contributed by atoms with van der Waals surface area (Å²) in [7, 11) is 0. The highest BCUT2D eigenvalue weighted by molar-refractivity contribution is 7.14. The summed E-state index contributed by atoms with van der Waals surface area (Å²) < 4.78 is 5.25. The summed E-state index contributed by atoms with van der Waals surface area (Å²) in [5.41, 5.74) is 3.78. The quantitative estimate of drug-likeness (QED) is 0.642. The Morgan fingerprint density at radius 2 is 1.93 bits per heavy atom. The standard InChI is InChI=1S/C21H20N2O4S/c1-13-7-8-18(9-14(13)2)23(15(3)24)21-22-17(12-28-21)11-27-20(26)16-5-4-6-19(25)10-16/h4-10,12,25H,11H2,1-3H3. The van der Waals surface area contributed by atoms with Gasteiger partial charge in [-0.1, -0.05) is 12.1 Å². The van der Waals surface area contributed by atoms with Crippen molar-refractivity contribution < 1.29 is 19.4 Å². The molecular formula is C21H20N2O4S. The fourth-order valence-corrected chi connectivity index (χ4v) is 3.48. The number of thiazole rings is 1. The molecule has 6 nitrogen and oxygen atoms in total. The molecule has 0 saturated carbocycles. The van der Waals surface area contributed by atoms with Crippen molar-refractivity contribution in [3.8, 4) is 5.75 Å². The molecule has 0 atom stereocenters. The van der Waals surface area contributed by atoms with Crippen molar-refractivity contribution in [2.24, 2.45) is 0 Å². The van der Waals surface area contributed by atoms with Gasteiger partial charge < -0.3 is 9.84 Å². The number of amides is 1. The average molecular weight is 396 g/mol. The first-order valence-electron chi connectivity index (χ1n) is 8.63. The Bertz CT molecular complexity index is 1030. The number of benzene rings is 2. The van der Waals surface area contributed by atoms with Gasteiger partial charge in [0.1, 0.15) is 12.4 Å². The molecular weight excluding hydrogens is 376 g/mol. The molecule has 1 amide bonds. The first-order chi connectivity index (χ1) is 13.3. The van der Waals surface area contributed by atoms with E-state index in [2.05, 4.69) is 4.98 Å². The van der Waals surface area contributed by atoms with Crippen LogP contribution in [0.5, 0.6) is 5.75 Å². The van der Waals surface area contributed by atoms with Gasteiger partial charge in [-0.05, 0) is 55.3 Å². The summed E-state index contributed by atoms with van der Waals surface area (Å²) in [6.07, 6.45) is 0. The summed E-state index contributed by atoms with van der Waals surface area (Å²) in [6.45, 7) is 5.46. The zero-order valence-electron chi connectivity index (χ0n) is 15.8. The van der Waals surface area contributed by atoms with Gasteiger partial charge >= 0.3 is 5.97 Å². The topological polar surface area (TPSA) is 79.7 Å². The Labute approximate surface area is 167 Å². The second-order valence-corrected chi connectivity index (χ2v) is 7.21.